The van der Waals surface area contributed by atoms with Gasteiger partial charge in [-0.25, -0.2) is 0 Å². The monoisotopic (exact) mass is 230 g/mol. The van der Waals surface area contributed by atoms with Gasteiger partial charge in [0.1, 0.15) is 0 Å². The van der Waals surface area contributed by atoms with Crippen molar-refractivity contribution in [2.75, 3.05) is 25.0 Å². The normalized spacial score (nSPS) is 28.4. The van der Waals surface area contributed by atoms with E-state index in [0.717, 1.165) is 6.54 Å². The van der Waals surface area contributed by atoms with Crippen LogP contribution in [-0.4, -0.2) is 30.6 Å². The molecule has 0 amide bonds. The summed E-state index contributed by atoms with van der Waals surface area (Å²) in [4.78, 5) is 2.63. The number of benzene rings is 1. The minimum Gasteiger partial charge on any atom is -0.384 e. The largest absolute Gasteiger partial charge is 0.384 e. The van der Waals surface area contributed by atoms with Crippen LogP contribution in [0, 0.1) is 0 Å². The highest BCUT2D eigenvalue weighted by atomic mass is 15.2. The summed E-state index contributed by atoms with van der Waals surface area (Å²) >= 11 is 0. The quantitative estimate of drug-likeness (QED) is 0.798. The molecule has 1 fully saturated rings. The van der Waals surface area contributed by atoms with E-state index in [1.165, 1.54) is 31.6 Å². The van der Waals surface area contributed by atoms with Gasteiger partial charge in [-0.3, -0.25) is 4.90 Å². The SMILES string of the molecule is CC(C)N1CCCC2(CNc3ccccc32)C1. The lowest BCUT2D eigenvalue weighted by Crippen LogP contribution is -2.49. The van der Waals surface area contributed by atoms with Crippen molar-refractivity contribution in [1.29, 1.82) is 0 Å². The smallest absolute Gasteiger partial charge is 0.0379 e. The number of fused-ring (bicyclic) bond motifs is 2. The summed E-state index contributed by atoms with van der Waals surface area (Å²) in [6, 6.07) is 9.52. The molecule has 1 aromatic rings. The first-order valence-electron chi connectivity index (χ1n) is 6.79. The van der Waals surface area contributed by atoms with E-state index < -0.39 is 0 Å². The molecule has 1 saturated heterocycles. The number of piperidine rings is 1. The van der Waals surface area contributed by atoms with Crippen LogP contribution >= 0.6 is 0 Å². The van der Waals surface area contributed by atoms with Gasteiger partial charge in [0.2, 0.25) is 0 Å². The van der Waals surface area contributed by atoms with Crippen LogP contribution in [0.4, 0.5) is 5.69 Å². The van der Waals surface area contributed by atoms with Gasteiger partial charge in [0.25, 0.3) is 0 Å². The average molecular weight is 230 g/mol. The number of hydrogen-bond acceptors (Lipinski definition) is 2. The Kier molecular flexibility index (Phi) is 2.62. The van der Waals surface area contributed by atoms with Gasteiger partial charge in [-0.05, 0) is 44.9 Å². The molecular formula is C15H22N2. The Balaban J connectivity index is 1.93. The molecule has 0 aliphatic carbocycles. The summed E-state index contributed by atoms with van der Waals surface area (Å²) in [7, 11) is 0. The predicted molar refractivity (Wildman–Crippen MR) is 72.6 cm³/mol. The lowest BCUT2D eigenvalue weighted by atomic mass is 9.75. The molecule has 1 atom stereocenters. The Hall–Kier alpha value is -1.02. The van der Waals surface area contributed by atoms with Crippen molar-refractivity contribution in [3.05, 3.63) is 29.8 Å². The minimum atomic E-state index is 0.374. The molecule has 0 radical (unpaired) electrons. The van der Waals surface area contributed by atoms with E-state index in [4.69, 9.17) is 0 Å². The second-order valence-corrected chi connectivity index (χ2v) is 5.85. The zero-order valence-electron chi connectivity index (χ0n) is 10.9. The number of anilines is 1. The molecule has 92 valence electrons. The molecular weight excluding hydrogens is 208 g/mol. The fourth-order valence-electron chi connectivity index (χ4n) is 3.43. The second-order valence-electron chi connectivity index (χ2n) is 5.85. The van der Waals surface area contributed by atoms with Crippen molar-refractivity contribution >= 4 is 5.69 Å². The fraction of sp³-hybridized carbons (Fsp3) is 0.600. The third-order valence-electron chi connectivity index (χ3n) is 4.45. The second kappa shape index (κ2) is 4.02. The number of nitrogens with zero attached hydrogens (tertiary/aromatic N) is 1. The first kappa shape index (κ1) is 11.1. The molecule has 1 unspecified atom stereocenters. The molecule has 1 spiro atoms. The Morgan fingerprint density at radius 3 is 2.94 bits per heavy atom. The first-order chi connectivity index (χ1) is 8.21. The minimum absolute atomic E-state index is 0.374. The Bertz CT molecular complexity index is 409. The van der Waals surface area contributed by atoms with Crippen LogP contribution in [0.1, 0.15) is 32.3 Å². The van der Waals surface area contributed by atoms with Crippen molar-refractivity contribution in [2.24, 2.45) is 0 Å². The highest BCUT2D eigenvalue weighted by Gasteiger charge is 2.42. The van der Waals surface area contributed by atoms with Crippen molar-refractivity contribution in [1.82, 2.24) is 4.90 Å². The van der Waals surface area contributed by atoms with E-state index in [-0.39, 0.29) is 0 Å². The topological polar surface area (TPSA) is 15.3 Å². The van der Waals surface area contributed by atoms with Crippen LogP contribution in [-0.2, 0) is 5.41 Å². The average Bonchev–Trinajstić information content (AvgIpc) is 2.69. The standard InChI is InChI=1S/C15H22N2/c1-12(2)17-9-5-8-15(11-17)10-16-14-7-4-3-6-13(14)15/h3-4,6-7,12,16H,5,8-11H2,1-2H3. The van der Waals surface area contributed by atoms with Crippen molar-refractivity contribution in [3.63, 3.8) is 0 Å². The maximum absolute atomic E-state index is 3.59. The van der Waals surface area contributed by atoms with Crippen molar-refractivity contribution in [3.8, 4) is 0 Å². The molecule has 2 heteroatoms. The molecule has 0 aromatic heterocycles. The zero-order chi connectivity index (χ0) is 11.9. The van der Waals surface area contributed by atoms with Crippen molar-refractivity contribution < 1.29 is 0 Å². The van der Waals surface area contributed by atoms with Crippen LogP contribution < -0.4 is 5.32 Å². The van der Waals surface area contributed by atoms with Gasteiger partial charge in [0.05, 0.1) is 0 Å². The Labute approximate surface area is 104 Å². The fourth-order valence-corrected chi connectivity index (χ4v) is 3.43. The van der Waals surface area contributed by atoms with Gasteiger partial charge >= 0.3 is 0 Å². The van der Waals surface area contributed by atoms with Crippen LogP contribution in [0.25, 0.3) is 0 Å². The van der Waals surface area contributed by atoms with E-state index in [0.29, 0.717) is 11.5 Å². The summed E-state index contributed by atoms with van der Waals surface area (Å²) in [6.07, 6.45) is 2.66. The van der Waals surface area contributed by atoms with E-state index >= 15 is 0 Å². The molecule has 2 aliphatic rings. The molecule has 1 aromatic carbocycles. The molecule has 0 saturated carbocycles. The van der Waals surface area contributed by atoms with E-state index in [1.54, 1.807) is 5.56 Å². The zero-order valence-corrected chi connectivity index (χ0v) is 10.9. The van der Waals surface area contributed by atoms with Gasteiger partial charge in [-0.1, -0.05) is 18.2 Å². The molecule has 2 heterocycles. The highest BCUT2D eigenvalue weighted by Crippen LogP contribution is 2.42. The van der Waals surface area contributed by atoms with Gasteiger partial charge in [-0.15, -0.1) is 0 Å². The maximum atomic E-state index is 3.59. The molecule has 2 aliphatic heterocycles. The van der Waals surface area contributed by atoms with Gasteiger partial charge in [-0.2, -0.15) is 0 Å². The molecule has 17 heavy (non-hydrogen) atoms. The lowest BCUT2D eigenvalue weighted by Gasteiger charge is -2.42. The summed E-state index contributed by atoms with van der Waals surface area (Å²) < 4.78 is 0. The number of hydrogen-bond donors (Lipinski definition) is 1. The van der Waals surface area contributed by atoms with E-state index in [9.17, 15) is 0 Å². The third-order valence-corrected chi connectivity index (χ3v) is 4.45. The lowest BCUT2D eigenvalue weighted by molar-refractivity contribution is 0.125. The van der Waals surface area contributed by atoms with Gasteiger partial charge < -0.3 is 5.32 Å². The van der Waals surface area contributed by atoms with Crippen LogP contribution in [0.2, 0.25) is 0 Å². The van der Waals surface area contributed by atoms with Gasteiger partial charge in [0.15, 0.2) is 0 Å². The maximum Gasteiger partial charge on any atom is 0.0379 e. The molecule has 2 nitrogen and oxygen atoms in total. The summed E-state index contributed by atoms with van der Waals surface area (Å²) in [5.41, 5.74) is 3.28. The number of likely N-dealkylation sites (tertiary alicyclic amines) is 1. The van der Waals surface area contributed by atoms with Crippen molar-refractivity contribution in [2.45, 2.75) is 38.1 Å². The van der Waals surface area contributed by atoms with Crippen LogP contribution in [0.15, 0.2) is 24.3 Å². The summed E-state index contributed by atoms with van der Waals surface area (Å²) in [5.74, 6) is 0. The molecule has 1 N–H and O–H groups in total. The summed E-state index contributed by atoms with van der Waals surface area (Å²) in [6.45, 7) is 8.23. The number of para-hydroxylation sites is 1. The highest BCUT2D eigenvalue weighted by molar-refractivity contribution is 5.60. The summed E-state index contributed by atoms with van der Waals surface area (Å²) in [5, 5.41) is 3.59. The first-order valence-corrected chi connectivity index (χ1v) is 6.79. The third kappa shape index (κ3) is 1.75. The van der Waals surface area contributed by atoms with E-state index in [1.807, 2.05) is 0 Å². The Morgan fingerprint density at radius 1 is 1.29 bits per heavy atom. The van der Waals surface area contributed by atoms with Crippen LogP contribution in [0.5, 0.6) is 0 Å². The number of rotatable bonds is 1. The van der Waals surface area contributed by atoms with Crippen LogP contribution in [0.3, 0.4) is 0 Å². The van der Waals surface area contributed by atoms with Gasteiger partial charge in [0, 0.05) is 30.2 Å². The van der Waals surface area contributed by atoms with E-state index in [2.05, 4.69) is 48.3 Å². The molecule has 3 rings (SSSR count). The Morgan fingerprint density at radius 2 is 2.12 bits per heavy atom. The molecule has 0 bridgehead atoms. The number of nitrogens with one attached hydrogen (secondary N) is 1. The predicted octanol–water partition coefficient (Wildman–Crippen LogP) is 2.85.